The Labute approximate surface area is 134 Å². The first kappa shape index (κ1) is 15.5. The van der Waals surface area contributed by atoms with Crippen LogP contribution >= 0.6 is 0 Å². The summed E-state index contributed by atoms with van der Waals surface area (Å²) in [5, 5.41) is 11.2. The van der Waals surface area contributed by atoms with Crippen LogP contribution in [-0.2, 0) is 19.3 Å². The first-order chi connectivity index (χ1) is 11.2. The Morgan fingerprint density at radius 2 is 1.74 bits per heavy atom. The van der Waals surface area contributed by atoms with Gasteiger partial charge in [0.05, 0.1) is 10.6 Å². The summed E-state index contributed by atoms with van der Waals surface area (Å²) in [4.78, 5) is 26.1. The zero-order chi connectivity index (χ0) is 16.6. The van der Waals surface area contributed by atoms with Crippen molar-refractivity contribution < 1.29 is 4.92 Å². The first-order valence-corrected chi connectivity index (χ1v) is 8.20. The summed E-state index contributed by atoms with van der Waals surface area (Å²) in [5.41, 5.74) is 5.56. The Kier molecular flexibility index (Phi) is 4.03. The molecule has 2 aliphatic carbocycles. The van der Waals surface area contributed by atoms with Gasteiger partial charge >= 0.3 is 0 Å². The number of hydrogen-bond acceptors (Lipinski definition) is 3. The molecule has 0 spiro atoms. The van der Waals surface area contributed by atoms with Crippen LogP contribution in [0.2, 0.25) is 0 Å². The fourth-order valence-electron chi connectivity index (χ4n) is 3.67. The molecule has 0 unspecified atom stereocenters. The Bertz CT molecular complexity index is 837. The number of H-pyrrole nitrogens is 1. The zero-order valence-electron chi connectivity index (χ0n) is 13.4. The van der Waals surface area contributed by atoms with Gasteiger partial charge in [0.25, 0.3) is 11.2 Å². The maximum Gasteiger partial charge on any atom is 0.273 e. The molecule has 0 aliphatic heterocycles. The summed E-state index contributed by atoms with van der Waals surface area (Å²) in [7, 11) is 0. The predicted octanol–water partition coefficient (Wildman–Crippen LogP) is 3.76. The lowest BCUT2D eigenvalue weighted by Crippen LogP contribution is -2.21. The minimum Gasteiger partial charge on any atom is -0.321 e. The average molecular weight is 312 g/mol. The summed E-state index contributed by atoms with van der Waals surface area (Å²) in [6, 6.07) is 5.08. The fourth-order valence-corrected chi connectivity index (χ4v) is 3.67. The second kappa shape index (κ2) is 5.99. The normalized spacial score (nSPS) is 14.2. The Morgan fingerprint density at radius 3 is 2.43 bits per heavy atom. The van der Waals surface area contributed by atoms with Crippen LogP contribution in [0.25, 0.3) is 11.3 Å². The van der Waals surface area contributed by atoms with Crippen molar-refractivity contribution in [3.8, 4) is 11.3 Å². The third kappa shape index (κ3) is 2.36. The maximum absolute atomic E-state index is 12.3. The topological polar surface area (TPSA) is 76.0 Å². The molecule has 2 aromatic rings. The van der Waals surface area contributed by atoms with Crippen molar-refractivity contribution in [2.75, 3.05) is 0 Å². The molecule has 2 aliphatic rings. The molecule has 1 N–H and O–H groups in total. The molecule has 4 rings (SSSR count). The molecule has 1 aromatic heterocycles. The first-order valence-electron chi connectivity index (χ1n) is 8.20. The van der Waals surface area contributed by atoms with E-state index < -0.39 is 0 Å². The summed E-state index contributed by atoms with van der Waals surface area (Å²) in [6.07, 6.45) is 4.41. The van der Waals surface area contributed by atoms with E-state index in [1.165, 1.54) is 6.07 Å². The summed E-state index contributed by atoms with van der Waals surface area (Å²) in [6.45, 7) is 4.00. The second-order valence-electron chi connectivity index (χ2n) is 5.71. The van der Waals surface area contributed by atoms with Gasteiger partial charge in [-0.05, 0) is 36.8 Å². The highest BCUT2D eigenvalue weighted by Crippen LogP contribution is 2.42. The molecule has 5 nitrogen and oxygen atoms in total. The Balaban J connectivity index is 0.000000753. The molecule has 0 bridgehead atoms. The van der Waals surface area contributed by atoms with E-state index in [1.54, 1.807) is 6.07 Å². The number of benzene rings is 1. The van der Waals surface area contributed by atoms with Crippen molar-refractivity contribution in [2.45, 2.75) is 46.0 Å². The van der Waals surface area contributed by atoms with E-state index in [1.807, 2.05) is 19.9 Å². The van der Waals surface area contributed by atoms with E-state index in [2.05, 4.69) is 4.98 Å². The zero-order valence-corrected chi connectivity index (χ0v) is 13.4. The molecule has 1 heterocycles. The molecular formula is C18H20N2O3. The summed E-state index contributed by atoms with van der Waals surface area (Å²) >= 11 is 0. The van der Waals surface area contributed by atoms with Crippen LogP contribution in [0.4, 0.5) is 5.69 Å². The summed E-state index contributed by atoms with van der Waals surface area (Å²) < 4.78 is 0. The van der Waals surface area contributed by atoms with Crippen LogP contribution in [0.15, 0.2) is 23.0 Å². The smallest absolute Gasteiger partial charge is 0.273 e. The van der Waals surface area contributed by atoms with Gasteiger partial charge in [-0.2, -0.15) is 0 Å². The predicted molar refractivity (Wildman–Crippen MR) is 89.9 cm³/mol. The lowest BCUT2D eigenvalue weighted by atomic mass is 9.88. The van der Waals surface area contributed by atoms with E-state index in [9.17, 15) is 14.9 Å². The standard InChI is InChI=1S/C16H14N2O3.C2H6/c19-16-11-5-2-1-4-9(11)13-8-12-10(15(13)17-16)6-3-7-14(12)18(20)21;1-2/h3,6-7H,1-2,4-5,8H2,(H,17,19);1-2H3. The third-order valence-corrected chi connectivity index (χ3v) is 4.62. The van der Waals surface area contributed by atoms with Gasteiger partial charge < -0.3 is 4.98 Å². The SMILES string of the molecule is CC.O=c1[nH]c2c(c3c1CCCC3)Cc1c-2cccc1[N+](=O)[O-]. The van der Waals surface area contributed by atoms with Crippen LogP contribution in [0.3, 0.4) is 0 Å². The molecule has 120 valence electrons. The molecule has 5 heteroatoms. The highest BCUT2D eigenvalue weighted by Gasteiger charge is 2.31. The summed E-state index contributed by atoms with van der Waals surface area (Å²) in [5.74, 6) is 0. The number of aromatic nitrogens is 1. The quantitative estimate of drug-likeness (QED) is 0.549. The lowest BCUT2D eigenvalue weighted by Gasteiger charge is -2.18. The van der Waals surface area contributed by atoms with Crippen LogP contribution in [0.5, 0.6) is 0 Å². The van der Waals surface area contributed by atoms with E-state index in [0.717, 1.165) is 59.2 Å². The van der Waals surface area contributed by atoms with Gasteiger partial charge in [0.1, 0.15) is 0 Å². The van der Waals surface area contributed by atoms with Crippen molar-refractivity contribution in [2.24, 2.45) is 0 Å². The van der Waals surface area contributed by atoms with Crippen molar-refractivity contribution in [3.63, 3.8) is 0 Å². The monoisotopic (exact) mass is 312 g/mol. The van der Waals surface area contributed by atoms with Crippen molar-refractivity contribution in [3.05, 3.63) is 60.9 Å². The van der Waals surface area contributed by atoms with E-state index in [4.69, 9.17) is 0 Å². The number of hydrogen-bond donors (Lipinski definition) is 1. The molecule has 0 saturated heterocycles. The molecule has 0 fully saturated rings. The number of rotatable bonds is 1. The van der Waals surface area contributed by atoms with Gasteiger partial charge in [-0.25, -0.2) is 0 Å². The van der Waals surface area contributed by atoms with Crippen molar-refractivity contribution >= 4 is 5.69 Å². The maximum atomic E-state index is 12.3. The molecule has 0 radical (unpaired) electrons. The number of pyridine rings is 1. The van der Waals surface area contributed by atoms with Gasteiger partial charge in [-0.1, -0.05) is 26.0 Å². The lowest BCUT2D eigenvalue weighted by molar-refractivity contribution is -0.385. The minimum absolute atomic E-state index is 0.0252. The Hall–Kier alpha value is -2.43. The highest BCUT2D eigenvalue weighted by atomic mass is 16.6. The minimum atomic E-state index is -0.338. The molecule has 1 aromatic carbocycles. The number of nitrogens with zero attached hydrogens (tertiary/aromatic N) is 1. The van der Waals surface area contributed by atoms with E-state index >= 15 is 0 Å². The van der Waals surface area contributed by atoms with Gasteiger partial charge in [0.2, 0.25) is 0 Å². The number of nitro groups is 1. The number of aromatic amines is 1. The number of nitrogens with one attached hydrogen (secondary N) is 1. The second-order valence-corrected chi connectivity index (χ2v) is 5.71. The van der Waals surface area contributed by atoms with Gasteiger partial charge in [0, 0.05) is 29.2 Å². The van der Waals surface area contributed by atoms with Gasteiger partial charge in [-0.15, -0.1) is 0 Å². The van der Waals surface area contributed by atoms with E-state index in [-0.39, 0.29) is 16.2 Å². The molecular weight excluding hydrogens is 292 g/mol. The molecule has 0 atom stereocenters. The van der Waals surface area contributed by atoms with Crippen molar-refractivity contribution in [1.29, 1.82) is 0 Å². The molecule has 23 heavy (non-hydrogen) atoms. The molecule has 0 saturated carbocycles. The Morgan fingerprint density at radius 1 is 1.04 bits per heavy atom. The third-order valence-electron chi connectivity index (χ3n) is 4.62. The van der Waals surface area contributed by atoms with Crippen molar-refractivity contribution in [1.82, 2.24) is 4.98 Å². The largest absolute Gasteiger partial charge is 0.321 e. The van der Waals surface area contributed by atoms with E-state index in [0.29, 0.717) is 6.42 Å². The van der Waals surface area contributed by atoms with Gasteiger partial charge in [-0.3, -0.25) is 14.9 Å². The van der Waals surface area contributed by atoms with Crippen LogP contribution in [0.1, 0.15) is 48.9 Å². The van der Waals surface area contributed by atoms with Crippen LogP contribution in [0, 0.1) is 10.1 Å². The fraction of sp³-hybridized carbons (Fsp3) is 0.389. The highest BCUT2D eigenvalue weighted by molar-refractivity contribution is 5.79. The van der Waals surface area contributed by atoms with Gasteiger partial charge in [0.15, 0.2) is 0 Å². The average Bonchev–Trinajstić information content (AvgIpc) is 2.96. The van der Waals surface area contributed by atoms with Crippen LogP contribution < -0.4 is 5.56 Å². The molecule has 0 amide bonds. The number of fused-ring (bicyclic) bond motifs is 5. The number of nitro benzene ring substituents is 1. The van der Waals surface area contributed by atoms with Crippen LogP contribution in [-0.4, -0.2) is 9.91 Å².